The van der Waals surface area contributed by atoms with E-state index in [2.05, 4.69) is 41.4 Å². The molecule has 0 amide bonds. The highest BCUT2D eigenvalue weighted by Crippen LogP contribution is 2.30. The number of hydrogen-bond acceptors (Lipinski definition) is 2. The minimum absolute atomic E-state index is 0.853. The minimum atomic E-state index is 0.853. The maximum absolute atomic E-state index is 4.31. The zero-order valence-electron chi connectivity index (χ0n) is 9.60. The highest BCUT2D eigenvalue weighted by Gasteiger charge is 2.08. The van der Waals surface area contributed by atoms with Gasteiger partial charge in [-0.05, 0) is 16.8 Å². The van der Waals surface area contributed by atoms with Gasteiger partial charge in [0.1, 0.15) is 0 Å². The maximum atomic E-state index is 4.31. The number of nitrogens with zero attached hydrogens (tertiary/aromatic N) is 1. The van der Waals surface area contributed by atoms with E-state index in [0.717, 1.165) is 5.88 Å². The number of benzene rings is 2. The van der Waals surface area contributed by atoms with Crippen LogP contribution in [0.15, 0.2) is 46.3 Å². The van der Waals surface area contributed by atoms with Crippen molar-refractivity contribution in [3.05, 3.63) is 42.0 Å². The summed E-state index contributed by atoms with van der Waals surface area (Å²) in [5.74, 6) is 0.853. The monoisotopic (exact) mass is 229 g/mol. The SMILES string of the molecule is C1=NCSc2ccc3ccccc3c21.CC. The van der Waals surface area contributed by atoms with Crippen molar-refractivity contribution in [3.63, 3.8) is 0 Å². The third-order valence-corrected chi connectivity index (χ3v) is 3.39. The molecule has 1 heterocycles. The zero-order valence-corrected chi connectivity index (χ0v) is 10.4. The van der Waals surface area contributed by atoms with Gasteiger partial charge in [0.05, 0.1) is 5.88 Å². The van der Waals surface area contributed by atoms with Crippen LogP contribution >= 0.6 is 11.8 Å². The molecule has 1 aliphatic rings. The summed E-state index contributed by atoms with van der Waals surface area (Å²) in [7, 11) is 0. The Labute approximate surface area is 101 Å². The van der Waals surface area contributed by atoms with E-state index >= 15 is 0 Å². The van der Waals surface area contributed by atoms with Gasteiger partial charge in [-0.3, -0.25) is 4.99 Å². The predicted molar refractivity (Wildman–Crippen MR) is 73.6 cm³/mol. The van der Waals surface area contributed by atoms with E-state index < -0.39 is 0 Å². The lowest BCUT2D eigenvalue weighted by atomic mass is 10.1. The minimum Gasteiger partial charge on any atom is -0.281 e. The summed E-state index contributed by atoms with van der Waals surface area (Å²) >= 11 is 1.81. The smallest absolute Gasteiger partial charge is 0.0890 e. The fourth-order valence-electron chi connectivity index (χ4n) is 1.77. The molecule has 0 atom stereocenters. The van der Waals surface area contributed by atoms with Gasteiger partial charge in [0.2, 0.25) is 0 Å². The summed E-state index contributed by atoms with van der Waals surface area (Å²) < 4.78 is 0. The first-order valence-corrected chi connectivity index (χ1v) is 6.58. The average Bonchev–Trinajstić information content (AvgIpc) is 2.41. The van der Waals surface area contributed by atoms with Crippen LogP contribution in [0.3, 0.4) is 0 Å². The summed E-state index contributed by atoms with van der Waals surface area (Å²) in [5.41, 5.74) is 1.28. The zero-order chi connectivity index (χ0) is 11.4. The van der Waals surface area contributed by atoms with E-state index in [1.807, 2.05) is 20.1 Å². The fraction of sp³-hybridized carbons (Fsp3) is 0.214. The number of thioether (sulfide) groups is 1. The third kappa shape index (κ3) is 1.98. The molecule has 0 N–H and O–H groups in total. The topological polar surface area (TPSA) is 12.4 Å². The Morgan fingerprint density at radius 1 is 1.06 bits per heavy atom. The van der Waals surface area contributed by atoms with Crippen LogP contribution in [-0.2, 0) is 0 Å². The highest BCUT2D eigenvalue weighted by atomic mass is 32.2. The second-order valence-corrected chi connectivity index (χ2v) is 4.27. The molecule has 0 aromatic heterocycles. The van der Waals surface area contributed by atoms with Crippen LogP contribution in [0.25, 0.3) is 10.8 Å². The Kier molecular flexibility index (Phi) is 3.62. The van der Waals surface area contributed by atoms with Crippen molar-refractivity contribution in [3.8, 4) is 0 Å². The van der Waals surface area contributed by atoms with E-state index in [4.69, 9.17) is 0 Å². The molecular formula is C14H15NS. The lowest BCUT2D eigenvalue weighted by Crippen LogP contribution is -1.94. The molecule has 1 nitrogen and oxygen atoms in total. The molecule has 0 fully saturated rings. The predicted octanol–water partition coefficient (Wildman–Crippen LogP) is 4.35. The number of rotatable bonds is 0. The molecule has 2 aromatic rings. The van der Waals surface area contributed by atoms with Crippen molar-refractivity contribution < 1.29 is 0 Å². The number of aliphatic imine (C=N–C) groups is 1. The van der Waals surface area contributed by atoms with Crippen molar-refractivity contribution in [1.29, 1.82) is 0 Å². The van der Waals surface area contributed by atoms with Gasteiger partial charge in [-0.15, -0.1) is 11.8 Å². The molecule has 16 heavy (non-hydrogen) atoms. The van der Waals surface area contributed by atoms with Crippen molar-refractivity contribution in [1.82, 2.24) is 0 Å². The molecular weight excluding hydrogens is 214 g/mol. The molecule has 0 spiro atoms. The van der Waals surface area contributed by atoms with Crippen molar-refractivity contribution in [2.45, 2.75) is 18.7 Å². The Balaban J connectivity index is 0.000000457. The van der Waals surface area contributed by atoms with Crippen LogP contribution < -0.4 is 0 Å². The second kappa shape index (κ2) is 5.17. The first-order chi connectivity index (χ1) is 7.95. The van der Waals surface area contributed by atoms with Gasteiger partial charge in [0.25, 0.3) is 0 Å². The van der Waals surface area contributed by atoms with E-state index in [-0.39, 0.29) is 0 Å². The van der Waals surface area contributed by atoms with E-state index in [9.17, 15) is 0 Å². The molecule has 2 heteroatoms. The molecule has 1 aliphatic heterocycles. The Bertz CT molecular complexity index is 517. The summed E-state index contributed by atoms with van der Waals surface area (Å²) in [4.78, 5) is 5.65. The van der Waals surface area contributed by atoms with Gasteiger partial charge >= 0.3 is 0 Å². The van der Waals surface area contributed by atoms with Crippen LogP contribution in [0.1, 0.15) is 19.4 Å². The summed E-state index contributed by atoms with van der Waals surface area (Å²) in [5, 5.41) is 2.60. The van der Waals surface area contributed by atoms with E-state index in [1.165, 1.54) is 21.2 Å². The third-order valence-electron chi connectivity index (χ3n) is 2.45. The molecule has 0 saturated carbocycles. The Hall–Kier alpha value is -1.28. The lowest BCUT2D eigenvalue weighted by molar-refractivity contribution is 1.33. The molecule has 82 valence electrons. The summed E-state index contributed by atoms with van der Waals surface area (Å²) in [6.45, 7) is 4.00. The van der Waals surface area contributed by atoms with E-state index in [1.54, 1.807) is 11.8 Å². The van der Waals surface area contributed by atoms with Gasteiger partial charge in [-0.1, -0.05) is 44.2 Å². The normalized spacial score (nSPS) is 12.9. The van der Waals surface area contributed by atoms with Gasteiger partial charge < -0.3 is 0 Å². The molecule has 0 unspecified atom stereocenters. The standard InChI is InChI=1S/C12H9NS.C2H6/c1-2-4-10-9(3-1)5-6-12-11(10)7-13-8-14-12;1-2/h1-7H,8H2;1-2H3. The van der Waals surface area contributed by atoms with Crippen LogP contribution in [0, 0.1) is 0 Å². The first-order valence-electron chi connectivity index (χ1n) is 5.59. The molecule has 0 aliphatic carbocycles. The maximum Gasteiger partial charge on any atom is 0.0890 e. The van der Waals surface area contributed by atoms with Gasteiger partial charge in [-0.25, -0.2) is 0 Å². The van der Waals surface area contributed by atoms with Crippen LogP contribution in [0.5, 0.6) is 0 Å². The van der Waals surface area contributed by atoms with Crippen molar-refractivity contribution in [2.24, 2.45) is 4.99 Å². The molecule has 3 rings (SSSR count). The molecule has 0 bridgehead atoms. The van der Waals surface area contributed by atoms with Crippen LogP contribution in [0.2, 0.25) is 0 Å². The molecule has 0 saturated heterocycles. The van der Waals surface area contributed by atoms with Gasteiger partial charge in [0.15, 0.2) is 0 Å². The lowest BCUT2D eigenvalue weighted by Gasteiger charge is -2.11. The van der Waals surface area contributed by atoms with Gasteiger partial charge in [0, 0.05) is 16.7 Å². The molecule has 0 radical (unpaired) electrons. The Morgan fingerprint density at radius 3 is 2.75 bits per heavy atom. The quantitative estimate of drug-likeness (QED) is 0.654. The Morgan fingerprint density at radius 2 is 1.88 bits per heavy atom. The van der Waals surface area contributed by atoms with Gasteiger partial charge in [-0.2, -0.15) is 0 Å². The van der Waals surface area contributed by atoms with Crippen molar-refractivity contribution in [2.75, 3.05) is 5.88 Å². The second-order valence-electron chi connectivity index (χ2n) is 3.28. The average molecular weight is 229 g/mol. The fourth-order valence-corrected chi connectivity index (χ4v) is 2.54. The number of hydrogen-bond donors (Lipinski definition) is 0. The van der Waals surface area contributed by atoms with Crippen LogP contribution in [0.4, 0.5) is 0 Å². The largest absolute Gasteiger partial charge is 0.281 e. The molecule has 2 aromatic carbocycles. The van der Waals surface area contributed by atoms with Crippen LogP contribution in [-0.4, -0.2) is 12.1 Å². The number of fused-ring (bicyclic) bond motifs is 3. The highest BCUT2D eigenvalue weighted by molar-refractivity contribution is 7.99. The summed E-state index contributed by atoms with van der Waals surface area (Å²) in [6.07, 6.45) is 1.99. The van der Waals surface area contributed by atoms with E-state index in [0.29, 0.717) is 0 Å². The van der Waals surface area contributed by atoms with Crippen molar-refractivity contribution >= 4 is 28.7 Å². The summed E-state index contributed by atoms with van der Waals surface area (Å²) in [6, 6.07) is 12.8. The first kappa shape index (κ1) is 11.2.